The van der Waals surface area contributed by atoms with Crippen LogP contribution in [0.2, 0.25) is 0 Å². The third kappa shape index (κ3) is 3.99. The number of nitrogens with two attached hydrogens (primary N) is 1. The maximum Gasteiger partial charge on any atom is 0.122 e. The van der Waals surface area contributed by atoms with Crippen molar-refractivity contribution < 1.29 is 4.39 Å². The minimum Gasteiger partial charge on any atom is -0.324 e. The Morgan fingerprint density at radius 2 is 1.92 bits per heavy atom. The average Bonchev–Trinajstić information content (AvgIpc) is 2.06. The van der Waals surface area contributed by atoms with Crippen LogP contribution < -0.4 is 11.2 Å². The van der Waals surface area contributed by atoms with Crippen molar-refractivity contribution in [2.45, 2.75) is 19.9 Å². The lowest BCUT2D eigenvalue weighted by atomic mass is 9.93. The van der Waals surface area contributed by atoms with E-state index in [0.29, 0.717) is 5.46 Å². The van der Waals surface area contributed by atoms with Crippen LogP contribution in [0, 0.1) is 12.7 Å². The third-order valence-electron chi connectivity index (χ3n) is 1.47. The second kappa shape index (κ2) is 5.65. The van der Waals surface area contributed by atoms with E-state index >= 15 is 0 Å². The fourth-order valence-electron chi connectivity index (χ4n) is 0.899. The molecule has 0 aromatic heterocycles. The van der Waals surface area contributed by atoms with E-state index in [-0.39, 0.29) is 11.9 Å². The van der Waals surface area contributed by atoms with Gasteiger partial charge in [-0.25, -0.2) is 4.39 Å². The molecule has 1 aromatic rings. The van der Waals surface area contributed by atoms with Gasteiger partial charge in [0.25, 0.3) is 0 Å². The lowest BCUT2D eigenvalue weighted by Gasteiger charge is -2.06. The quantitative estimate of drug-likeness (QED) is 0.511. The fourth-order valence-corrected chi connectivity index (χ4v) is 0.899. The largest absolute Gasteiger partial charge is 0.324 e. The van der Waals surface area contributed by atoms with Crippen LogP contribution >= 0.6 is 0 Å². The van der Waals surface area contributed by atoms with Crippen molar-refractivity contribution in [3.8, 4) is 0 Å². The number of hydrogen-bond donors (Lipinski definition) is 1. The van der Waals surface area contributed by atoms with Gasteiger partial charge in [0.2, 0.25) is 0 Å². The van der Waals surface area contributed by atoms with Crippen LogP contribution in [0.25, 0.3) is 0 Å². The smallest absolute Gasteiger partial charge is 0.122 e. The van der Waals surface area contributed by atoms with Crippen LogP contribution in [0.15, 0.2) is 18.2 Å². The maximum absolute atomic E-state index is 12.7. The summed E-state index contributed by atoms with van der Waals surface area (Å²) in [5.74, 6) is -0.336. The molecular weight excluding hydrogens is 164 g/mol. The first-order valence-corrected chi connectivity index (χ1v) is 4.12. The van der Waals surface area contributed by atoms with Gasteiger partial charge in [-0.3, -0.25) is 0 Å². The summed E-state index contributed by atoms with van der Waals surface area (Å²) < 4.78 is 12.7. The summed E-state index contributed by atoms with van der Waals surface area (Å²) in [5, 5.41) is 0. The molecule has 13 heavy (non-hydrogen) atoms. The van der Waals surface area contributed by atoms with Gasteiger partial charge < -0.3 is 5.73 Å². The number of rotatable bonds is 1. The molecule has 2 N–H and O–H groups in total. The molecule has 0 fully saturated rings. The van der Waals surface area contributed by atoms with Crippen LogP contribution in [-0.2, 0) is 0 Å². The predicted octanol–water partition coefficient (Wildman–Crippen LogP) is 1.48. The zero-order valence-electron chi connectivity index (χ0n) is 8.05. The second-order valence-corrected chi connectivity index (χ2v) is 2.61. The van der Waals surface area contributed by atoms with Crippen molar-refractivity contribution >= 4 is 13.3 Å². The summed E-state index contributed by atoms with van der Waals surface area (Å²) in [7, 11) is 5.40. The molecule has 3 heteroatoms. The number of hydrogen-bond acceptors (Lipinski definition) is 1. The Morgan fingerprint density at radius 1 is 1.38 bits per heavy atom. The van der Waals surface area contributed by atoms with Crippen LogP contribution in [-0.4, -0.2) is 7.85 Å². The van der Waals surface area contributed by atoms with Crippen molar-refractivity contribution in [1.82, 2.24) is 0 Å². The minimum absolute atomic E-state index is 0.173. The first-order chi connectivity index (χ1) is 6.09. The molecule has 0 aliphatic rings. The summed E-state index contributed by atoms with van der Waals surface area (Å²) in [6.07, 6.45) is 0. The molecular formula is C10H14BFN+. The van der Waals surface area contributed by atoms with Crippen LogP contribution in [0.3, 0.4) is 0 Å². The van der Waals surface area contributed by atoms with Gasteiger partial charge in [0.15, 0.2) is 0 Å². The highest BCUT2D eigenvalue weighted by Crippen LogP contribution is 2.08. The maximum atomic E-state index is 12.7. The van der Waals surface area contributed by atoms with Gasteiger partial charge in [-0.05, 0) is 24.6 Å². The van der Waals surface area contributed by atoms with E-state index in [2.05, 4.69) is 6.92 Å². The van der Waals surface area contributed by atoms with Crippen molar-refractivity contribution in [2.24, 2.45) is 5.73 Å². The van der Waals surface area contributed by atoms with Crippen LogP contribution in [0.1, 0.15) is 25.5 Å². The van der Waals surface area contributed by atoms with Crippen molar-refractivity contribution in [3.63, 3.8) is 0 Å². The zero-order valence-corrected chi connectivity index (χ0v) is 8.05. The minimum atomic E-state index is -0.336. The normalized spacial score (nSPS) is 11.4. The third-order valence-corrected chi connectivity index (χ3v) is 1.47. The van der Waals surface area contributed by atoms with E-state index < -0.39 is 0 Å². The molecule has 0 amide bonds. The number of halogens is 1. The van der Waals surface area contributed by atoms with Gasteiger partial charge in [-0.2, -0.15) is 0 Å². The van der Waals surface area contributed by atoms with Crippen molar-refractivity contribution in [3.05, 3.63) is 36.5 Å². The van der Waals surface area contributed by atoms with Crippen LogP contribution in [0.5, 0.6) is 0 Å². The molecule has 0 aliphatic carbocycles. The molecule has 0 saturated carbocycles. The Labute approximate surface area is 80.6 Å². The standard InChI is InChI=1S/C8H9BFN.C2H5/c1-5(11)6-2-7(9)4-8(10)3-6;1-2/h2-5H,11H2,1H3;1H2,2H3/q;+1/t5-;/m1./s1. The van der Waals surface area contributed by atoms with Crippen LogP contribution in [0.4, 0.5) is 4.39 Å². The highest BCUT2D eigenvalue weighted by Gasteiger charge is 2.00. The topological polar surface area (TPSA) is 26.0 Å². The second-order valence-electron chi connectivity index (χ2n) is 2.61. The molecule has 1 rings (SSSR count). The molecule has 2 radical (unpaired) electrons. The Morgan fingerprint density at radius 3 is 2.31 bits per heavy atom. The fraction of sp³-hybridized carbons (Fsp3) is 0.300. The van der Waals surface area contributed by atoms with E-state index in [1.54, 1.807) is 19.9 Å². The highest BCUT2D eigenvalue weighted by molar-refractivity contribution is 6.32. The zero-order chi connectivity index (χ0) is 10.4. The highest BCUT2D eigenvalue weighted by atomic mass is 19.1. The van der Waals surface area contributed by atoms with Crippen molar-refractivity contribution in [1.29, 1.82) is 0 Å². The number of benzene rings is 1. The van der Waals surface area contributed by atoms with Gasteiger partial charge in [0.1, 0.15) is 13.7 Å². The van der Waals surface area contributed by atoms with E-state index in [1.165, 1.54) is 12.1 Å². The Bertz CT molecular complexity index is 241. The van der Waals surface area contributed by atoms with Gasteiger partial charge >= 0.3 is 0 Å². The van der Waals surface area contributed by atoms with E-state index in [0.717, 1.165) is 5.56 Å². The van der Waals surface area contributed by atoms with Gasteiger partial charge in [-0.1, -0.05) is 11.5 Å². The molecule has 1 atom stereocenters. The average molecular weight is 178 g/mol. The predicted molar refractivity (Wildman–Crippen MR) is 55.4 cm³/mol. The Balaban J connectivity index is 0.000000671. The molecule has 1 aromatic carbocycles. The molecule has 0 heterocycles. The van der Waals surface area contributed by atoms with E-state index in [4.69, 9.17) is 13.6 Å². The Kier molecular flexibility index (Phi) is 5.23. The monoisotopic (exact) mass is 178 g/mol. The van der Waals surface area contributed by atoms with E-state index in [1.807, 2.05) is 0 Å². The molecule has 0 spiro atoms. The lowest BCUT2D eigenvalue weighted by Crippen LogP contribution is -2.11. The SMILES string of the molecule is [B]c1cc(F)cc([C@@H](C)N)c1.[CH2+]C. The molecule has 0 aliphatic heterocycles. The van der Waals surface area contributed by atoms with Gasteiger partial charge in [-0.15, -0.1) is 0 Å². The van der Waals surface area contributed by atoms with Gasteiger partial charge in [0, 0.05) is 6.04 Å². The molecule has 1 nitrogen and oxygen atoms in total. The van der Waals surface area contributed by atoms with Crippen molar-refractivity contribution in [2.75, 3.05) is 0 Å². The molecule has 68 valence electrons. The molecule has 0 saturated heterocycles. The summed E-state index contributed by atoms with van der Waals surface area (Å²) in [6.45, 7) is 6.79. The lowest BCUT2D eigenvalue weighted by molar-refractivity contribution is 0.623. The summed E-state index contributed by atoms with van der Waals surface area (Å²) >= 11 is 0. The summed E-state index contributed by atoms with van der Waals surface area (Å²) in [5.41, 5.74) is 6.67. The summed E-state index contributed by atoms with van der Waals surface area (Å²) in [6, 6.07) is 4.16. The molecule has 0 bridgehead atoms. The Hall–Kier alpha value is -0.955. The first kappa shape index (κ1) is 12.0. The summed E-state index contributed by atoms with van der Waals surface area (Å²) in [4.78, 5) is 0. The first-order valence-electron chi connectivity index (χ1n) is 4.12. The molecule has 0 unspecified atom stereocenters. The van der Waals surface area contributed by atoms with E-state index in [9.17, 15) is 4.39 Å². The van der Waals surface area contributed by atoms with Gasteiger partial charge in [0.05, 0.1) is 13.8 Å².